The maximum atomic E-state index is 12.5. The zero-order valence-electron chi connectivity index (χ0n) is 31.1. The SMILES string of the molecule is CCOC(=O)C1CCCN(SNc2nc(OCC(CC3CCCCC3)N(Cc3ccccc3)Cc3ccccc3)cc(-c3c(C)cccc3C)n2)C1. The van der Waals surface area contributed by atoms with Gasteiger partial charge in [0.2, 0.25) is 11.8 Å². The second-order valence-electron chi connectivity index (χ2n) is 14.4. The molecule has 2 atom stereocenters. The van der Waals surface area contributed by atoms with E-state index in [0.717, 1.165) is 61.3 Å². The molecule has 3 aromatic carbocycles. The van der Waals surface area contributed by atoms with Crippen molar-refractivity contribution >= 4 is 24.1 Å². The lowest BCUT2D eigenvalue weighted by Gasteiger charge is -2.35. The van der Waals surface area contributed by atoms with Gasteiger partial charge in [0.1, 0.15) is 6.61 Å². The summed E-state index contributed by atoms with van der Waals surface area (Å²) >= 11 is 1.45. The van der Waals surface area contributed by atoms with Crippen molar-refractivity contribution in [2.24, 2.45) is 11.8 Å². The molecular formula is C43H55N5O3S. The van der Waals surface area contributed by atoms with Gasteiger partial charge in [-0.2, -0.15) is 4.98 Å². The Bertz CT molecular complexity index is 1640. The molecule has 276 valence electrons. The average Bonchev–Trinajstić information content (AvgIpc) is 3.17. The predicted molar refractivity (Wildman–Crippen MR) is 212 cm³/mol. The van der Waals surface area contributed by atoms with E-state index in [1.807, 2.05) is 13.0 Å². The van der Waals surface area contributed by atoms with Crippen LogP contribution in [0.5, 0.6) is 5.88 Å². The van der Waals surface area contributed by atoms with Gasteiger partial charge in [0.15, 0.2) is 0 Å². The number of nitrogens with one attached hydrogen (secondary N) is 1. The number of ether oxygens (including phenoxy) is 2. The normalized spacial score (nSPS) is 17.5. The zero-order chi connectivity index (χ0) is 36.1. The molecular weight excluding hydrogens is 667 g/mol. The molecule has 1 aromatic heterocycles. The average molecular weight is 722 g/mol. The van der Waals surface area contributed by atoms with Crippen molar-refractivity contribution in [3.63, 3.8) is 0 Å². The van der Waals surface area contributed by atoms with E-state index in [4.69, 9.17) is 19.4 Å². The van der Waals surface area contributed by atoms with Crippen LogP contribution in [0.25, 0.3) is 11.3 Å². The smallest absolute Gasteiger partial charge is 0.310 e. The minimum Gasteiger partial charge on any atom is -0.476 e. The van der Waals surface area contributed by atoms with Gasteiger partial charge in [0.05, 0.1) is 18.2 Å². The van der Waals surface area contributed by atoms with Crippen LogP contribution >= 0.6 is 12.1 Å². The van der Waals surface area contributed by atoms with Gasteiger partial charge in [0.25, 0.3) is 0 Å². The summed E-state index contributed by atoms with van der Waals surface area (Å²) in [6.45, 7) is 10.2. The van der Waals surface area contributed by atoms with Crippen molar-refractivity contribution in [1.82, 2.24) is 19.2 Å². The van der Waals surface area contributed by atoms with E-state index in [1.54, 1.807) is 0 Å². The summed E-state index contributed by atoms with van der Waals surface area (Å²) in [5, 5.41) is 0. The molecule has 0 bridgehead atoms. The maximum absolute atomic E-state index is 12.5. The van der Waals surface area contributed by atoms with E-state index in [1.165, 1.54) is 55.4 Å². The molecule has 1 N–H and O–H groups in total. The first-order valence-corrected chi connectivity index (χ1v) is 20.0. The number of anilines is 1. The highest BCUT2D eigenvalue weighted by molar-refractivity contribution is 7.98. The molecule has 52 heavy (non-hydrogen) atoms. The molecule has 0 radical (unpaired) electrons. The van der Waals surface area contributed by atoms with Crippen LogP contribution in [-0.4, -0.2) is 57.5 Å². The van der Waals surface area contributed by atoms with Crippen LogP contribution in [0.4, 0.5) is 5.95 Å². The number of esters is 1. The Hall–Kier alpha value is -3.92. The number of aryl methyl sites for hydroxylation is 2. The summed E-state index contributed by atoms with van der Waals surface area (Å²) in [4.78, 5) is 25.1. The quantitative estimate of drug-likeness (QED) is 0.0899. The minimum atomic E-state index is -0.125. The summed E-state index contributed by atoms with van der Waals surface area (Å²) in [6, 6.07) is 30.1. The van der Waals surface area contributed by atoms with Gasteiger partial charge in [-0.25, -0.2) is 9.29 Å². The molecule has 1 saturated carbocycles. The molecule has 0 amide bonds. The zero-order valence-corrected chi connectivity index (χ0v) is 32.0. The van der Waals surface area contributed by atoms with Crippen molar-refractivity contribution in [3.8, 4) is 17.1 Å². The number of hydrogen-bond donors (Lipinski definition) is 1. The highest BCUT2D eigenvalue weighted by Crippen LogP contribution is 2.33. The number of carbonyl (C=O) groups is 1. The fraction of sp³-hybridized carbons (Fsp3) is 0.465. The third-order valence-corrected chi connectivity index (χ3v) is 11.3. The number of nitrogens with zero attached hydrogens (tertiary/aromatic N) is 4. The van der Waals surface area contributed by atoms with Crippen LogP contribution in [0.1, 0.15) is 80.5 Å². The Morgan fingerprint density at radius 2 is 1.56 bits per heavy atom. The van der Waals surface area contributed by atoms with E-state index in [-0.39, 0.29) is 17.9 Å². The van der Waals surface area contributed by atoms with E-state index >= 15 is 0 Å². The summed E-state index contributed by atoms with van der Waals surface area (Å²) in [5.41, 5.74) is 6.85. The van der Waals surface area contributed by atoms with Gasteiger partial charge in [-0.05, 0) is 68.2 Å². The lowest BCUT2D eigenvalue weighted by atomic mass is 9.84. The van der Waals surface area contributed by atoms with Crippen LogP contribution in [0.15, 0.2) is 84.9 Å². The fourth-order valence-electron chi connectivity index (χ4n) is 7.74. The van der Waals surface area contributed by atoms with Gasteiger partial charge in [-0.3, -0.25) is 14.4 Å². The summed E-state index contributed by atoms with van der Waals surface area (Å²) in [6.07, 6.45) is 9.39. The number of aromatic nitrogens is 2. The number of carbonyl (C=O) groups excluding carboxylic acids is 1. The van der Waals surface area contributed by atoms with Crippen molar-refractivity contribution in [2.75, 3.05) is 31.0 Å². The lowest BCUT2D eigenvalue weighted by molar-refractivity contribution is -0.149. The molecule has 4 aromatic rings. The standard InChI is InChI=1S/C43H55N5O3S/c1-4-50-42(49)37-24-15-25-48(30-37)52-46-43-44-39(41-32(2)16-14-17-33(41)3)27-40(45-43)51-31-38(26-34-18-8-5-9-19-34)47(28-35-20-10-6-11-21-35)29-36-22-12-7-13-23-36/h6-7,10-14,16-17,20-23,27,34,37-38H,4-5,8-9,15,18-19,24-26,28-31H2,1-3H3,(H,44,45,46). The topological polar surface area (TPSA) is 79.8 Å². The van der Waals surface area contributed by atoms with Crippen molar-refractivity contribution < 1.29 is 14.3 Å². The van der Waals surface area contributed by atoms with Crippen molar-refractivity contribution in [2.45, 2.75) is 91.3 Å². The Kier molecular flexibility index (Phi) is 14.0. The minimum absolute atomic E-state index is 0.117. The Balaban J connectivity index is 1.26. The van der Waals surface area contributed by atoms with E-state index in [9.17, 15) is 4.79 Å². The Labute approximate surface area is 315 Å². The largest absolute Gasteiger partial charge is 0.476 e. The highest BCUT2D eigenvalue weighted by Gasteiger charge is 2.28. The molecule has 2 heterocycles. The molecule has 2 unspecified atom stereocenters. The van der Waals surface area contributed by atoms with Crippen molar-refractivity contribution in [3.05, 3.63) is 107 Å². The first-order valence-electron chi connectivity index (χ1n) is 19.2. The highest BCUT2D eigenvalue weighted by atomic mass is 32.2. The molecule has 1 aliphatic heterocycles. The Morgan fingerprint density at radius 3 is 2.21 bits per heavy atom. The molecule has 9 heteroatoms. The Morgan fingerprint density at radius 1 is 0.885 bits per heavy atom. The summed E-state index contributed by atoms with van der Waals surface area (Å²) < 4.78 is 17.7. The van der Waals surface area contributed by atoms with Gasteiger partial charge >= 0.3 is 5.97 Å². The fourth-order valence-corrected chi connectivity index (χ4v) is 8.51. The number of hydrogen-bond acceptors (Lipinski definition) is 9. The number of rotatable bonds is 16. The first kappa shape index (κ1) is 37.8. The van der Waals surface area contributed by atoms with Crippen LogP contribution in [-0.2, 0) is 22.6 Å². The molecule has 0 spiro atoms. The number of piperidine rings is 1. The molecule has 1 saturated heterocycles. The maximum Gasteiger partial charge on any atom is 0.310 e. The molecule has 1 aliphatic carbocycles. The van der Waals surface area contributed by atoms with E-state index in [0.29, 0.717) is 37.5 Å². The van der Waals surface area contributed by atoms with Gasteiger partial charge in [-0.1, -0.05) is 111 Å². The van der Waals surface area contributed by atoms with Crippen molar-refractivity contribution in [1.29, 1.82) is 0 Å². The van der Waals surface area contributed by atoms with Crippen LogP contribution in [0.3, 0.4) is 0 Å². The second-order valence-corrected chi connectivity index (χ2v) is 15.3. The molecule has 2 fully saturated rings. The van der Waals surface area contributed by atoms with Crippen LogP contribution < -0.4 is 9.46 Å². The van der Waals surface area contributed by atoms with Gasteiger partial charge in [-0.15, -0.1) is 0 Å². The first-order chi connectivity index (χ1) is 25.4. The third-order valence-electron chi connectivity index (χ3n) is 10.4. The molecule has 8 nitrogen and oxygen atoms in total. The molecule has 2 aliphatic rings. The van der Waals surface area contributed by atoms with Gasteiger partial charge in [0, 0.05) is 56.0 Å². The third kappa shape index (κ3) is 10.8. The monoisotopic (exact) mass is 721 g/mol. The predicted octanol–water partition coefficient (Wildman–Crippen LogP) is 9.43. The van der Waals surface area contributed by atoms with E-state index < -0.39 is 0 Å². The lowest BCUT2D eigenvalue weighted by Crippen LogP contribution is -2.40. The molecule has 6 rings (SSSR count). The van der Waals surface area contributed by atoms with Crippen LogP contribution in [0, 0.1) is 25.7 Å². The summed E-state index contributed by atoms with van der Waals surface area (Å²) in [5.74, 6) is 1.50. The second kappa shape index (κ2) is 19.2. The van der Waals surface area contributed by atoms with E-state index in [2.05, 4.69) is 107 Å². The van der Waals surface area contributed by atoms with Crippen LogP contribution in [0.2, 0.25) is 0 Å². The van der Waals surface area contributed by atoms with Gasteiger partial charge < -0.3 is 9.47 Å². The summed E-state index contributed by atoms with van der Waals surface area (Å²) in [7, 11) is 0. The number of benzene rings is 3.